The largest absolute Gasteiger partial charge is 0.365 e. The number of benzene rings is 1. The Kier molecular flexibility index (Phi) is 3.08. The van der Waals surface area contributed by atoms with Gasteiger partial charge < -0.3 is 5.73 Å². The Morgan fingerprint density at radius 1 is 1.36 bits per heavy atom. The molecule has 0 unspecified atom stereocenters. The summed E-state index contributed by atoms with van der Waals surface area (Å²) in [7, 11) is 0. The van der Waals surface area contributed by atoms with E-state index in [1.807, 2.05) is 12.1 Å². The highest BCUT2D eigenvalue weighted by atomic mass is 16.1. The third-order valence-corrected chi connectivity index (χ3v) is 3.93. The van der Waals surface area contributed by atoms with Gasteiger partial charge in [0, 0.05) is 6.20 Å². The molecule has 10 heteroatoms. The maximum atomic E-state index is 13.0. The second kappa shape index (κ2) is 5.27. The van der Waals surface area contributed by atoms with Gasteiger partial charge in [-0.15, -0.1) is 4.79 Å². The molecule has 4 rings (SSSR count). The van der Waals surface area contributed by atoms with Crippen LogP contribution in [0.25, 0.3) is 22.9 Å². The van der Waals surface area contributed by atoms with Crippen molar-refractivity contribution in [2.45, 2.75) is 6.92 Å². The number of aromatic nitrogens is 6. The quantitative estimate of drug-likeness (QED) is 0.490. The van der Waals surface area contributed by atoms with Crippen molar-refractivity contribution in [3.8, 4) is 6.07 Å². The number of anilines is 1. The van der Waals surface area contributed by atoms with Crippen LogP contribution in [0.15, 0.2) is 29.1 Å². The Morgan fingerprint density at radius 2 is 2.16 bits per heavy atom. The number of imidazole rings is 1. The molecule has 3 N–H and O–H groups in total. The van der Waals surface area contributed by atoms with Crippen LogP contribution in [0.1, 0.15) is 11.1 Å². The van der Waals surface area contributed by atoms with Gasteiger partial charge in [0.05, 0.1) is 21.8 Å². The van der Waals surface area contributed by atoms with Crippen LogP contribution in [0.3, 0.4) is 0 Å². The highest BCUT2D eigenvalue weighted by molar-refractivity contribution is 5.82. The second-order valence-electron chi connectivity index (χ2n) is 5.31. The molecule has 1 aromatic carbocycles. The topological polar surface area (TPSA) is 140 Å². The standard InChI is InChI=1S/C15H11N9O/c1-8-9(6-16)13-19-11-4-2-3-5-12(11)23(13)14(25)10(8)7-18-24-15(17)20-21-22-24/h2-5,7,18H,1H3,(H2,17,20,22)/b10-7+. The molecule has 3 aromatic heterocycles. The third kappa shape index (κ3) is 2.07. The second-order valence-corrected chi connectivity index (χ2v) is 5.31. The van der Waals surface area contributed by atoms with Gasteiger partial charge in [-0.25, -0.2) is 4.98 Å². The highest BCUT2D eigenvalue weighted by Gasteiger charge is 2.15. The summed E-state index contributed by atoms with van der Waals surface area (Å²) in [6.07, 6.45) is 1.42. The molecule has 25 heavy (non-hydrogen) atoms. The van der Waals surface area contributed by atoms with E-state index < -0.39 is 0 Å². The Balaban J connectivity index is 2.08. The van der Waals surface area contributed by atoms with Crippen molar-refractivity contribution in [3.05, 3.63) is 51.0 Å². The van der Waals surface area contributed by atoms with Gasteiger partial charge in [-0.2, -0.15) is 5.26 Å². The molecule has 0 amide bonds. The fourth-order valence-electron chi connectivity index (χ4n) is 2.70. The number of nitrogens with zero attached hydrogens (tertiary/aromatic N) is 7. The Hall–Kier alpha value is -4.00. The van der Waals surface area contributed by atoms with Crippen LogP contribution in [0.2, 0.25) is 0 Å². The fraction of sp³-hybridized carbons (Fsp3) is 0.0667. The van der Waals surface area contributed by atoms with Crippen molar-refractivity contribution >= 4 is 28.8 Å². The van der Waals surface area contributed by atoms with E-state index in [4.69, 9.17) is 5.73 Å². The van der Waals surface area contributed by atoms with E-state index in [-0.39, 0.29) is 11.5 Å². The summed E-state index contributed by atoms with van der Waals surface area (Å²) >= 11 is 0. The molecule has 0 saturated heterocycles. The van der Waals surface area contributed by atoms with Gasteiger partial charge in [-0.3, -0.25) is 14.6 Å². The number of fused-ring (bicyclic) bond motifs is 3. The van der Waals surface area contributed by atoms with Crippen molar-refractivity contribution in [1.29, 1.82) is 5.26 Å². The lowest BCUT2D eigenvalue weighted by Crippen LogP contribution is -2.35. The molecule has 0 radical (unpaired) electrons. The van der Waals surface area contributed by atoms with Crippen molar-refractivity contribution in [2.75, 3.05) is 11.2 Å². The van der Waals surface area contributed by atoms with Gasteiger partial charge in [-0.1, -0.05) is 17.2 Å². The van der Waals surface area contributed by atoms with Gasteiger partial charge >= 0.3 is 0 Å². The lowest BCUT2D eigenvalue weighted by Gasteiger charge is -2.04. The smallest absolute Gasteiger partial charge is 0.265 e. The molecule has 0 atom stereocenters. The summed E-state index contributed by atoms with van der Waals surface area (Å²) in [4.78, 5) is 18.5. The molecule has 0 bridgehead atoms. The average Bonchev–Trinajstić information content (AvgIpc) is 3.18. The molecule has 0 aliphatic rings. The number of nitrogen functional groups attached to an aromatic ring is 1. The van der Waals surface area contributed by atoms with Crippen LogP contribution in [-0.2, 0) is 0 Å². The van der Waals surface area contributed by atoms with Crippen LogP contribution in [0.5, 0.6) is 0 Å². The fourth-order valence-corrected chi connectivity index (χ4v) is 2.70. The molecule has 0 saturated carbocycles. The number of pyridine rings is 1. The number of tetrazole rings is 1. The number of rotatable bonds is 2. The lowest BCUT2D eigenvalue weighted by molar-refractivity contribution is 0.748. The molecule has 0 spiro atoms. The minimum Gasteiger partial charge on any atom is -0.365 e. The number of para-hydroxylation sites is 2. The van der Waals surface area contributed by atoms with Crippen molar-refractivity contribution < 1.29 is 0 Å². The van der Waals surface area contributed by atoms with Gasteiger partial charge in [0.15, 0.2) is 5.65 Å². The predicted molar refractivity (Wildman–Crippen MR) is 89.7 cm³/mol. The first-order valence-corrected chi connectivity index (χ1v) is 7.26. The summed E-state index contributed by atoms with van der Waals surface area (Å²) in [5.74, 6) is 0.0380. The van der Waals surface area contributed by atoms with E-state index in [1.165, 1.54) is 10.6 Å². The van der Waals surface area contributed by atoms with Crippen molar-refractivity contribution in [1.82, 2.24) is 29.7 Å². The number of hydrogen-bond acceptors (Lipinski definition) is 8. The number of hydrogen-bond donors (Lipinski definition) is 2. The molecule has 3 heterocycles. The van der Waals surface area contributed by atoms with E-state index in [2.05, 4.69) is 32.0 Å². The Labute approximate surface area is 139 Å². The highest BCUT2D eigenvalue weighted by Crippen LogP contribution is 2.17. The summed E-state index contributed by atoms with van der Waals surface area (Å²) in [6, 6.07) is 9.34. The predicted octanol–water partition coefficient (Wildman–Crippen LogP) is -0.703. The molecule has 0 aliphatic carbocycles. The third-order valence-electron chi connectivity index (χ3n) is 3.93. The van der Waals surface area contributed by atoms with Crippen LogP contribution in [0.4, 0.5) is 5.95 Å². The minimum atomic E-state index is -0.306. The molecular formula is C15H11N9O. The molecule has 10 nitrogen and oxygen atoms in total. The van der Waals surface area contributed by atoms with Crippen LogP contribution in [0, 0.1) is 18.3 Å². The van der Waals surface area contributed by atoms with Crippen LogP contribution >= 0.6 is 0 Å². The van der Waals surface area contributed by atoms with E-state index in [0.29, 0.717) is 33.0 Å². The summed E-state index contributed by atoms with van der Waals surface area (Å²) in [5, 5.41) is 20.4. The Morgan fingerprint density at radius 3 is 2.88 bits per heavy atom. The zero-order valence-electron chi connectivity index (χ0n) is 13.0. The van der Waals surface area contributed by atoms with Gasteiger partial charge in [0.25, 0.3) is 11.5 Å². The first kappa shape index (κ1) is 14.6. The maximum absolute atomic E-state index is 13.0. The Bertz CT molecular complexity index is 1280. The normalized spacial score (nSPS) is 11.9. The number of nitrogens with two attached hydrogens (primary N) is 1. The summed E-state index contributed by atoms with van der Waals surface area (Å²) in [6.45, 7) is 1.69. The molecule has 122 valence electrons. The zero-order chi connectivity index (χ0) is 17.6. The lowest BCUT2D eigenvalue weighted by atomic mass is 10.1. The van der Waals surface area contributed by atoms with Crippen LogP contribution < -0.4 is 21.9 Å². The van der Waals surface area contributed by atoms with E-state index >= 15 is 0 Å². The summed E-state index contributed by atoms with van der Waals surface area (Å²) < 4.78 is 1.43. The molecule has 0 fully saturated rings. The molecule has 0 aliphatic heterocycles. The van der Waals surface area contributed by atoms with E-state index in [0.717, 1.165) is 4.79 Å². The molecule has 4 aromatic rings. The van der Waals surface area contributed by atoms with Crippen LogP contribution in [-0.4, -0.2) is 29.7 Å². The monoisotopic (exact) mass is 333 g/mol. The maximum Gasteiger partial charge on any atom is 0.265 e. The van der Waals surface area contributed by atoms with Gasteiger partial charge in [0.1, 0.15) is 6.07 Å². The van der Waals surface area contributed by atoms with Gasteiger partial charge in [-0.05, 0) is 35.0 Å². The first-order valence-electron chi connectivity index (χ1n) is 7.26. The first-order chi connectivity index (χ1) is 12.1. The van der Waals surface area contributed by atoms with Crippen molar-refractivity contribution in [2.24, 2.45) is 0 Å². The van der Waals surface area contributed by atoms with E-state index in [1.54, 1.807) is 19.1 Å². The SMILES string of the molecule is Cc1c(C#N)c2nc3ccccc3n2c(=O)/c1=C/Nn1nnnc1N. The average molecular weight is 333 g/mol. The number of nitriles is 1. The van der Waals surface area contributed by atoms with Gasteiger partial charge in [0.2, 0.25) is 0 Å². The van der Waals surface area contributed by atoms with Crippen molar-refractivity contribution in [3.63, 3.8) is 0 Å². The summed E-state index contributed by atoms with van der Waals surface area (Å²) in [5.41, 5.74) is 10.5. The zero-order valence-corrected chi connectivity index (χ0v) is 13.0. The minimum absolute atomic E-state index is 0.0380. The molecular weight excluding hydrogens is 322 g/mol. The van der Waals surface area contributed by atoms with E-state index in [9.17, 15) is 10.1 Å². The number of nitrogens with one attached hydrogen (secondary N) is 1.